The Morgan fingerprint density at radius 1 is 0.897 bits per heavy atom. The molecule has 0 fully saturated rings. The molecule has 3 N–H and O–H groups in total. The molecule has 5 nitrogen and oxygen atoms in total. The normalized spacial score (nSPS) is 11.0. The number of nitrogens with one attached hydrogen (secondary N) is 3. The van der Waals surface area contributed by atoms with Gasteiger partial charge < -0.3 is 10.6 Å². The molecule has 0 aliphatic heterocycles. The fourth-order valence-corrected chi connectivity index (χ4v) is 4.32. The molecule has 0 aliphatic rings. The molecule has 0 heterocycles. The second kappa shape index (κ2) is 8.82. The number of halogens is 1. The standard InChI is InChI=1S/C21H20ClN3O2S2/c1-14-10-11-19(15(2)12-14)24-21(28)23-16-6-5-7-17(13-16)29(26,27)25-20-9-4-3-8-18(20)22/h3-13,25H,1-2H3,(H2,23,24,28). The van der Waals surface area contributed by atoms with E-state index >= 15 is 0 Å². The van der Waals surface area contributed by atoms with Gasteiger partial charge in [-0.15, -0.1) is 0 Å². The van der Waals surface area contributed by atoms with Crippen molar-refractivity contribution in [2.75, 3.05) is 15.4 Å². The van der Waals surface area contributed by atoms with Crippen LogP contribution in [-0.2, 0) is 10.0 Å². The number of benzene rings is 3. The Morgan fingerprint density at radius 3 is 2.38 bits per heavy atom. The summed E-state index contributed by atoms with van der Waals surface area (Å²) in [7, 11) is -3.80. The Kier molecular flexibility index (Phi) is 6.42. The summed E-state index contributed by atoms with van der Waals surface area (Å²) in [6, 6.07) is 19.1. The van der Waals surface area contributed by atoms with Crippen LogP contribution in [0, 0.1) is 13.8 Å². The van der Waals surface area contributed by atoms with E-state index in [1.54, 1.807) is 36.4 Å². The Morgan fingerprint density at radius 2 is 1.66 bits per heavy atom. The van der Waals surface area contributed by atoms with Gasteiger partial charge in [0.1, 0.15) is 0 Å². The molecule has 0 aliphatic carbocycles. The topological polar surface area (TPSA) is 70.2 Å². The molecule has 8 heteroatoms. The summed E-state index contributed by atoms with van der Waals surface area (Å²) in [6.45, 7) is 4.02. The summed E-state index contributed by atoms with van der Waals surface area (Å²) in [4.78, 5) is 0.0942. The van der Waals surface area contributed by atoms with Gasteiger partial charge in [0.15, 0.2) is 5.11 Å². The lowest BCUT2D eigenvalue weighted by Gasteiger charge is -2.14. The average Bonchev–Trinajstić information content (AvgIpc) is 2.66. The number of thiocarbonyl (C=S) groups is 1. The first-order valence-electron chi connectivity index (χ1n) is 8.77. The van der Waals surface area contributed by atoms with E-state index in [9.17, 15) is 8.42 Å². The maximum atomic E-state index is 12.7. The van der Waals surface area contributed by atoms with Gasteiger partial charge in [-0.2, -0.15) is 0 Å². The number of hydrogen-bond donors (Lipinski definition) is 3. The first kappa shape index (κ1) is 21.1. The first-order chi connectivity index (χ1) is 13.7. The van der Waals surface area contributed by atoms with Gasteiger partial charge in [-0.05, 0) is 68.0 Å². The molecule has 3 aromatic carbocycles. The lowest BCUT2D eigenvalue weighted by atomic mass is 10.1. The van der Waals surface area contributed by atoms with Gasteiger partial charge >= 0.3 is 0 Å². The van der Waals surface area contributed by atoms with Gasteiger partial charge in [0.05, 0.1) is 15.6 Å². The number of aryl methyl sites for hydroxylation is 2. The third-order valence-electron chi connectivity index (χ3n) is 4.15. The number of sulfonamides is 1. The van der Waals surface area contributed by atoms with Crippen LogP contribution in [0.15, 0.2) is 71.6 Å². The van der Waals surface area contributed by atoms with Crippen molar-refractivity contribution in [2.24, 2.45) is 0 Å². The van der Waals surface area contributed by atoms with Crippen LogP contribution < -0.4 is 15.4 Å². The molecule has 3 rings (SSSR count). The average molecular weight is 446 g/mol. The highest BCUT2D eigenvalue weighted by Crippen LogP contribution is 2.25. The second-order valence-electron chi connectivity index (χ2n) is 6.51. The highest BCUT2D eigenvalue weighted by molar-refractivity contribution is 7.92. The molecule has 29 heavy (non-hydrogen) atoms. The Labute approximate surface area is 181 Å². The first-order valence-corrected chi connectivity index (χ1v) is 11.0. The molecule has 0 amide bonds. The van der Waals surface area contributed by atoms with Crippen molar-refractivity contribution in [3.63, 3.8) is 0 Å². The summed E-state index contributed by atoms with van der Waals surface area (Å²) in [6.07, 6.45) is 0. The molecular weight excluding hydrogens is 426 g/mol. The minimum Gasteiger partial charge on any atom is -0.332 e. The zero-order chi connectivity index (χ0) is 21.0. The van der Waals surface area contributed by atoms with Crippen LogP contribution in [0.5, 0.6) is 0 Å². The summed E-state index contributed by atoms with van der Waals surface area (Å²) in [5.41, 5.74) is 3.98. The van der Waals surface area contributed by atoms with Crippen LogP contribution in [0.25, 0.3) is 0 Å². The maximum absolute atomic E-state index is 12.7. The predicted molar refractivity (Wildman–Crippen MR) is 124 cm³/mol. The van der Waals surface area contributed by atoms with Crippen molar-refractivity contribution in [3.05, 3.63) is 82.9 Å². The van der Waals surface area contributed by atoms with Crippen LogP contribution >= 0.6 is 23.8 Å². The molecule has 3 aromatic rings. The predicted octanol–water partition coefficient (Wildman–Crippen LogP) is 5.57. The van der Waals surface area contributed by atoms with E-state index in [0.29, 0.717) is 21.5 Å². The zero-order valence-electron chi connectivity index (χ0n) is 15.9. The van der Waals surface area contributed by atoms with E-state index in [1.807, 2.05) is 26.0 Å². The van der Waals surface area contributed by atoms with E-state index in [-0.39, 0.29) is 4.90 Å². The fourth-order valence-electron chi connectivity index (χ4n) is 2.73. The third kappa shape index (κ3) is 5.47. The van der Waals surface area contributed by atoms with Gasteiger partial charge in [-0.1, -0.05) is 47.5 Å². The summed E-state index contributed by atoms with van der Waals surface area (Å²) in [5.74, 6) is 0. The van der Waals surface area contributed by atoms with Gasteiger partial charge in [-0.25, -0.2) is 8.42 Å². The van der Waals surface area contributed by atoms with Crippen LogP contribution in [0.2, 0.25) is 5.02 Å². The molecule has 150 valence electrons. The van der Waals surface area contributed by atoms with E-state index in [4.69, 9.17) is 23.8 Å². The largest absolute Gasteiger partial charge is 0.332 e. The molecule has 0 atom stereocenters. The summed E-state index contributed by atoms with van der Waals surface area (Å²) >= 11 is 11.4. The molecule has 0 spiro atoms. The Bertz CT molecular complexity index is 1160. The molecule has 0 unspecified atom stereocenters. The number of anilines is 3. The molecule has 0 saturated carbocycles. The monoisotopic (exact) mass is 445 g/mol. The van der Waals surface area contributed by atoms with E-state index in [2.05, 4.69) is 21.4 Å². The van der Waals surface area contributed by atoms with E-state index in [1.165, 1.54) is 12.1 Å². The van der Waals surface area contributed by atoms with Crippen molar-refractivity contribution < 1.29 is 8.42 Å². The molecule has 0 bridgehead atoms. The van der Waals surface area contributed by atoms with E-state index in [0.717, 1.165) is 16.8 Å². The smallest absolute Gasteiger partial charge is 0.262 e. The van der Waals surface area contributed by atoms with Crippen LogP contribution in [0.3, 0.4) is 0 Å². The summed E-state index contributed by atoms with van der Waals surface area (Å²) < 4.78 is 27.9. The lowest BCUT2D eigenvalue weighted by molar-refractivity contribution is 0.601. The Hall–Kier alpha value is -2.61. The molecule has 0 radical (unpaired) electrons. The maximum Gasteiger partial charge on any atom is 0.262 e. The third-order valence-corrected chi connectivity index (χ3v) is 6.05. The minimum atomic E-state index is -3.80. The van der Waals surface area contributed by atoms with Gasteiger partial charge in [0.2, 0.25) is 0 Å². The molecule has 0 saturated heterocycles. The number of rotatable bonds is 5. The fraction of sp³-hybridized carbons (Fsp3) is 0.0952. The van der Waals surface area contributed by atoms with Gasteiger partial charge in [0.25, 0.3) is 10.0 Å². The highest BCUT2D eigenvalue weighted by atomic mass is 35.5. The van der Waals surface area contributed by atoms with Crippen molar-refractivity contribution >= 4 is 56.0 Å². The SMILES string of the molecule is Cc1ccc(NC(=S)Nc2cccc(S(=O)(=O)Nc3ccccc3Cl)c2)c(C)c1. The lowest BCUT2D eigenvalue weighted by Crippen LogP contribution is -2.20. The van der Waals surface area contributed by atoms with Crippen molar-refractivity contribution in [1.29, 1.82) is 0 Å². The van der Waals surface area contributed by atoms with Gasteiger partial charge in [-0.3, -0.25) is 4.72 Å². The van der Waals surface area contributed by atoms with Gasteiger partial charge in [0, 0.05) is 11.4 Å². The number of para-hydroxylation sites is 1. The zero-order valence-corrected chi connectivity index (χ0v) is 18.3. The minimum absolute atomic E-state index is 0.0942. The second-order valence-corrected chi connectivity index (χ2v) is 9.01. The van der Waals surface area contributed by atoms with Crippen LogP contribution in [0.1, 0.15) is 11.1 Å². The summed E-state index contributed by atoms with van der Waals surface area (Å²) in [5, 5.41) is 6.84. The van der Waals surface area contributed by atoms with Crippen LogP contribution in [0.4, 0.5) is 17.1 Å². The molecule has 0 aromatic heterocycles. The Balaban J connectivity index is 1.75. The van der Waals surface area contributed by atoms with Crippen molar-refractivity contribution in [2.45, 2.75) is 18.7 Å². The van der Waals surface area contributed by atoms with E-state index < -0.39 is 10.0 Å². The number of hydrogen-bond acceptors (Lipinski definition) is 3. The quantitative estimate of drug-likeness (QED) is 0.448. The molecular formula is C21H20ClN3O2S2. The van der Waals surface area contributed by atoms with Crippen molar-refractivity contribution in [1.82, 2.24) is 0 Å². The van der Waals surface area contributed by atoms with Crippen molar-refractivity contribution in [3.8, 4) is 0 Å². The highest BCUT2D eigenvalue weighted by Gasteiger charge is 2.16. The van der Waals surface area contributed by atoms with Crippen LogP contribution in [-0.4, -0.2) is 13.5 Å².